The van der Waals surface area contributed by atoms with E-state index < -0.39 is 5.72 Å². The van der Waals surface area contributed by atoms with Crippen molar-refractivity contribution in [2.75, 3.05) is 0 Å². The summed E-state index contributed by atoms with van der Waals surface area (Å²) in [6.45, 7) is 0.481. The standard InChI is InChI=1S/C23H16Cl2N4O2/c24-17-7-5-15(6-8-17)13-29-19-4-2-1-3-18(19)20(22(29)25)21(30)23(27-14-28-31-23)16-9-11-26-12-10-16/h1-12,14H,13H2,(H,27,28). The highest BCUT2D eigenvalue weighted by atomic mass is 35.5. The van der Waals surface area contributed by atoms with E-state index >= 15 is 0 Å². The summed E-state index contributed by atoms with van der Waals surface area (Å²) in [5, 5.41) is 1.71. The number of rotatable bonds is 5. The van der Waals surface area contributed by atoms with Gasteiger partial charge in [-0.05, 0) is 35.9 Å². The van der Waals surface area contributed by atoms with Crippen LogP contribution < -0.4 is 5.48 Å². The summed E-state index contributed by atoms with van der Waals surface area (Å²) in [6, 6.07) is 18.5. The second-order valence-corrected chi connectivity index (χ2v) is 7.88. The minimum Gasteiger partial charge on any atom is -0.327 e. The molecule has 2 aromatic carbocycles. The number of nitrogens with zero attached hydrogens (tertiary/aromatic N) is 3. The van der Waals surface area contributed by atoms with Crippen molar-refractivity contribution in [2.24, 2.45) is 4.99 Å². The van der Waals surface area contributed by atoms with Gasteiger partial charge in [-0.25, -0.2) is 9.83 Å². The lowest BCUT2D eigenvalue weighted by Crippen LogP contribution is -2.36. The third kappa shape index (κ3) is 3.29. The van der Waals surface area contributed by atoms with E-state index in [1.807, 2.05) is 53.1 Å². The number of hydrogen-bond donors (Lipinski definition) is 1. The van der Waals surface area contributed by atoms with Crippen LogP contribution >= 0.6 is 23.2 Å². The third-order valence-corrected chi connectivity index (χ3v) is 5.92. The molecule has 0 amide bonds. The number of pyridine rings is 1. The second-order valence-electron chi connectivity index (χ2n) is 7.08. The van der Waals surface area contributed by atoms with E-state index in [2.05, 4.69) is 15.5 Å². The largest absolute Gasteiger partial charge is 0.327 e. The molecular formula is C23H16Cl2N4O2. The summed E-state index contributed by atoms with van der Waals surface area (Å²) in [7, 11) is 0. The Morgan fingerprint density at radius 2 is 1.77 bits per heavy atom. The SMILES string of the molecule is O=C(c1c(Cl)n(Cc2ccc(Cl)cc2)c2ccccc12)C1(c2ccncc2)N=CNO1. The summed E-state index contributed by atoms with van der Waals surface area (Å²) < 4.78 is 1.90. The molecule has 0 fully saturated rings. The van der Waals surface area contributed by atoms with Gasteiger partial charge in [-0.2, -0.15) is 0 Å². The Morgan fingerprint density at radius 1 is 1.03 bits per heavy atom. The molecule has 5 rings (SSSR count). The quantitative estimate of drug-likeness (QED) is 0.434. The molecule has 1 N–H and O–H groups in total. The maximum atomic E-state index is 13.9. The molecule has 4 aromatic rings. The number of halogens is 2. The summed E-state index contributed by atoms with van der Waals surface area (Å²) in [5.41, 5.74) is 3.76. The summed E-state index contributed by atoms with van der Waals surface area (Å²) in [6.07, 6.45) is 4.54. The Bertz CT molecular complexity index is 1300. The van der Waals surface area contributed by atoms with Gasteiger partial charge in [0.2, 0.25) is 5.78 Å². The Hall–Kier alpha value is -3.19. The molecule has 0 spiro atoms. The fourth-order valence-corrected chi connectivity index (χ4v) is 4.25. The minimum absolute atomic E-state index is 0.320. The van der Waals surface area contributed by atoms with Gasteiger partial charge in [0.15, 0.2) is 0 Å². The number of hydrogen-bond acceptors (Lipinski definition) is 5. The van der Waals surface area contributed by atoms with Crippen LogP contribution in [0.2, 0.25) is 10.2 Å². The van der Waals surface area contributed by atoms with E-state index in [9.17, 15) is 4.79 Å². The van der Waals surface area contributed by atoms with E-state index in [0.717, 1.165) is 16.5 Å². The van der Waals surface area contributed by atoms with Gasteiger partial charge in [0, 0.05) is 34.9 Å². The predicted octanol–water partition coefficient (Wildman–Crippen LogP) is 4.99. The molecular weight excluding hydrogens is 435 g/mol. The highest BCUT2D eigenvalue weighted by Crippen LogP contribution is 2.39. The van der Waals surface area contributed by atoms with Gasteiger partial charge < -0.3 is 4.57 Å². The van der Waals surface area contributed by atoms with Crippen LogP contribution in [0.3, 0.4) is 0 Å². The molecule has 0 radical (unpaired) electrons. The van der Waals surface area contributed by atoms with Crippen LogP contribution in [0.1, 0.15) is 21.5 Å². The number of Topliss-reactive ketones (excluding diaryl/α,β-unsaturated/α-hetero) is 1. The van der Waals surface area contributed by atoms with Crippen LogP contribution in [0.5, 0.6) is 0 Å². The highest BCUT2D eigenvalue weighted by Gasteiger charge is 2.47. The first-order chi connectivity index (χ1) is 15.1. The monoisotopic (exact) mass is 450 g/mol. The minimum atomic E-state index is -1.58. The van der Waals surface area contributed by atoms with Gasteiger partial charge >= 0.3 is 0 Å². The normalized spacial score (nSPS) is 17.7. The number of carbonyl (C=O) groups is 1. The Balaban J connectivity index is 1.67. The number of aliphatic imine (C=N–C) groups is 1. The van der Waals surface area contributed by atoms with E-state index in [1.54, 1.807) is 24.5 Å². The van der Waals surface area contributed by atoms with Gasteiger partial charge in [-0.15, -0.1) is 0 Å². The second kappa shape index (κ2) is 7.81. The molecule has 8 heteroatoms. The number of benzene rings is 2. The molecule has 3 heterocycles. The smallest absolute Gasteiger partial charge is 0.275 e. The maximum Gasteiger partial charge on any atom is 0.275 e. The zero-order valence-corrected chi connectivity index (χ0v) is 17.6. The number of carbonyl (C=O) groups excluding carboxylic acids is 1. The van der Waals surface area contributed by atoms with Gasteiger partial charge in [-0.1, -0.05) is 53.5 Å². The molecule has 1 atom stereocenters. The first-order valence-corrected chi connectivity index (χ1v) is 10.3. The molecule has 1 aliphatic heterocycles. The van der Waals surface area contributed by atoms with Crippen molar-refractivity contribution in [1.82, 2.24) is 15.0 Å². The van der Waals surface area contributed by atoms with Crippen LogP contribution in [0.4, 0.5) is 0 Å². The van der Waals surface area contributed by atoms with E-state index in [0.29, 0.717) is 27.8 Å². The highest BCUT2D eigenvalue weighted by molar-refractivity contribution is 6.36. The Labute approximate surface area is 188 Å². The van der Waals surface area contributed by atoms with Crippen molar-refractivity contribution >= 4 is 46.2 Å². The van der Waals surface area contributed by atoms with Crippen LogP contribution in [0.25, 0.3) is 10.9 Å². The van der Waals surface area contributed by atoms with Crippen LogP contribution in [0, 0.1) is 0 Å². The average molecular weight is 451 g/mol. The molecule has 31 heavy (non-hydrogen) atoms. The zero-order chi connectivity index (χ0) is 21.4. The molecule has 0 saturated carbocycles. The number of nitrogens with one attached hydrogen (secondary N) is 1. The maximum absolute atomic E-state index is 13.9. The Morgan fingerprint density at radius 3 is 2.48 bits per heavy atom. The van der Waals surface area contributed by atoms with Crippen LogP contribution in [-0.4, -0.2) is 21.7 Å². The number of hydroxylamine groups is 1. The van der Waals surface area contributed by atoms with E-state index in [4.69, 9.17) is 28.0 Å². The van der Waals surface area contributed by atoms with Crippen molar-refractivity contribution in [3.63, 3.8) is 0 Å². The first-order valence-electron chi connectivity index (χ1n) is 9.54. The molecule has 1 unspecified atom stereocenters. The molecule has 0 saturated heterocycles. The molecule has 154 valence electrons. The lowest BCUT2D eigenvalue weighted by Gasteiger charge is -2.23. The molecule has 0 bridgehead atoms. The summed E-state index contributed by atoms with van der Waals surface area (Å²) >= 11 is 12.8. The van der Waals surface area contributed by atoms with Crippen LogP contribution in [0.15, 0.2) is 78.0 Å². The van der Waals surface area contributed by atoms with Crippen molar-refractivity contribution in [2.45, 2.75) is 12.3 Å². The summed E-state index contributed by atoms with van der Waals surface area (Å²) in [4.78, 5) is 27.9. The number of para-hydroxylation sites is 1. The Kier molecular flexibility index (Phi) is 4.98. The number of fused-ring (bicyclic) bond motifs is 1. The van der Waals surface area contributed by atoms with Gasteiger partial charge in [0.1, 0.15) is 11.5 Å². The number of aromatic nitrogens is 2. The fraction of sp³-hybridized carbons (Fsp3) is 0.0870. The first kappa shape index (κ1) is 19.8. The van der Waals surface area contributed by atoms with Gasteiger partial charge in [-0.3, -0.25) is 15.3 Å². The van der Waals surface area contributed by atoms with Crippen molar-refractivity contribution in [3.8, 4) is 0 Å². The van der Waals surface area contributed by atoms with E-state index in [-0.39, 0.29) is 5.78 Å². The average Bonchev–Trinajstić information content (AvgIpc) is 3.40. The third-order valence-electron chi connectivity index (χ3n) is 5.27. The molecule has 2 aromatic heterocycles. The summed E-state index contributed by atoms with van der Waals surface area (Å²) in [5.74, 6) is -0.365. The van der Waals surface area contributed by atoms with Crippen molar-refractivity contribution in [1.29, 1.82) is 0 Å². The van der Waals surface area contributed by atoms with Gasteiger partial charge in [0.05, 0.1) is 11.1 Å². The fourth-order valence-electron chi connectivity index (χ4n) is 3.79. The number of ketones is 1. The predicted molar refractivity (Wildman–Crippen MR) is 120 cm³/mol. The van der Waals surface area contributed by atoms with Crippen LogP contribution in [-0.2, 0) is 17.1 Å². The zero-order valence-electron chi connectivity index (χ0n) is 16.1. The van der Waals surface area contributed by atoms with E-state index in [1.165, 1.54) is 6.34 Å². The van der Waals surface area contributed by atoms with Gasteiger partial charge in [0.25, 0.3) is 5.72 Å². The van der Waals surface area contributed by atoms with Crippen molar-refractivity contribution < 1.29 is 9.63 Å². The molecule has 1 aliphatic rings. The molecule has 6 nitrogen and oxygen atoms in total. The molecule has 0 aliphatic carbocycles. The topological polar surface area (TPSA) is 68.5 Å². The lowest BCUT2D eigenvalue weighted by molar-refractivity contribution is -0.0367. The van der Waals surface area contributed by atoms with Crippen molar-refractivity contribution in [3.05, 3.63) is 99.9 Å². The lowest BCUT2D eigenvalue weighted by atomic mass is 9.94.